The van der Waals surface area contributed by atoms with Gasteiger partial charge in [-0.25, -0.2) is 0 Å². The van der Waals surface area contributed by atoms with Crippen LogP contribution in [-0.4, -0.2) is 44.3 Å². The number of anilines is 1. The number of hydrogen-bond acceptors (Lipinski definition) is 6. The van der Waals surface area contributed by atoms with Gasteiger partial charge in [-0.05, 0) is 24.3 Å². The van der Waals surface area contributed by atoms with Crippen LogP contribution in [0.4, 0.5) is 18.9 Å². The molecule has 2 N–H and O–H groups in total. The summed E-state index contributed by atoms with van der Waals surface area (Å²) >= 11 is 0. The normalized spacial score (nSPS) is 17.1. The maximum atomic E-state index is 13.8. The van der Waals surface area contributed by atoms with Gasteiger partial charge in [0.15, 0.2) is 5.78 Å². The second kappa shape index (κ2) is 8.74. The lowest BCUT2D eigenvalue weighted by Gasteiger charge is -2.32. The molecule has 2 heterocycles. The summed E-state index contributed by atoms with van der Waals surface area (Å²) in [6.45, 7) is 0.0137. The summed E-state index contributed by atoms with van der Waals surface area (Å²) in [4.78, 5) is 19.2. The number of carbonyl (C=O) groups excluding carboxylic acids is 1. The van der Waals surface area contributed by atoms with Gasteiger partial charge in [0.05, 0.1) is 48.8 Å². The number of benzene rings is 2. The highest BCUT2D eigenvalue weighted by Crippen LogP contribution is 2.37. The van der Waals surface area contributed by atoms with Crippen LogP contribution in [-0.2, 0) is 6.18 Å². The highest BCUT2D eigenvalue weighted by molar-refractivity contribution is 6.17. The third kappa shape index (κ3) is 4.23. The number of halogens is 3. The van der Waals surface area contributed by atoms with Gasteiger partial charge in [0, 0.05) is 29.9 Å². The summed E-state index contributed by atoms with van der Waals surface area (Å²) in [5, 5.41) is 0. The summed E-state index contributed by atoms with van der Waals surface area (Å²) in [7, 11) is 3.23. The molecule has 2 atom stereocenters. The SMILES string of the molecule is COc1ccc2c(c1)N(C)C(C(N)C(=O)c1ccoc1)CN=C2c1ccccc1C(F)(F)F. The standard InChI is InChI=1S/C24H22F3N3O3/c1-30-19-11-15(32-2)7-8-17(19)22(16-5-3-4-6-18(16)24(25,26)27)29-12-20(30)21(28)23(31)14-9-10-33-13-14/h3-11,13,20-21H,12,28H2,1-2H3. The number of alkyl halides is 3. The predicted molar refractivity (Wildman–Crippen MR) is 118 cm³/mol. The zero-order valence-electron chi connectivity index (χ0n) is 18.0. The Kier molecular flexibility index (Phi) is 5.99. The third-order valence-electron chi connectivity index (χ3n) is 5.78. The summed E-state index contributed by atoms with van der Waals surface area (Å²) in [5.41, 5.74) is 7.05. The molecule has 2 unspecified atom stereocenters. The smallest absolute Gasteiger partial charge is 0.417 e. The Labute approximate surface area is 188 Å². The highest BCUT2D eigenvalue weighted by atomic mass is 19.4. The first-order valence-electron chi connectivity index (χ1n) is 10.2. The van der Waals surface area contributed by atoms with Gasteiger partial charge in [-0.1, -0.05) is 18.2 Å². The molecular formula is C24H22F3N3O3. The minimum Gasteiger partial charge on any atom is -0.497 e. The number of likely N-dealkylation sites (N-methyl/N-ethyl adjacent to an activating group) is 1. The van der Waals surface area contributed by atoms with Crippen molar-refractivity contribution in [3.8, 4) is 5.75 Å². The Morgan fingerprint density at radius 1 is 1.21 bits per heavy atom. The molecule has 0 aliphatic carbocycles. The van der Waals surface area contributed by atoms with E-state index in [2.05, 4.69) is 4.99 Å². The van der Waals surface area contributed by atoms with Crippen LogP contribution in [0.15, 0.2) is 70.5 Å². The summed E-state index contributed by atoms with van der Waals surface area (Å²) < 4.78 is 51.7. The number of methoxy groups -OCH3 is 1. The van der Waals surface area contributed by atoms with Crippen LogP contribution < -0.4 is 15.4 Å². The van der Waals surface area contributed by atoms with Crippen molar-refractivity contribution in [2.45, 2.75) is 18.3 Å². The maximum absolute atomic E-state index is 13.8. The first kappa shape index (κ1) is 22.6. The van der Waals surface area contributed by atoms with E-state index in [4.69, 9.17) is 14.9 Å². The first-order valence-corrected chi connectivity index (χ1v) is 10.2. The van der Waals surface area contributed by atoms with Crippen molar-refractivity contribution in [2.24, 2.45) is 10.7 Å². The van der Waals surface area contributed by atoms with Crippen LogP contribution in [0.1, 0.15) is 27.0 Å². The van der Waals surface area contributed by atoms with E-state index in [1.54, 1.807) is 30.1 Å². The maximum Gasteiger partial charge on any atom is 0.417 e. The Balaban J connectivity index is 1.85. The number of Topliss-reactive ketones (excluding diaryl/α,β-unsaturated/α-hetero) is 1. The number of furan rings is 1. The van der Waals surface area contributed by atoms with Crippen LogP contribution in [0.5, 0.6) is 5.75 Å². The Bertz CT molecular complexity index is 1190. The number of aliphatic imine (C=N–C) groups is 1. The van der Waals surface area contributed by atoms with Gasteiger partial charge in [0.2, 0.25) is 0 Å². The molecule has 172 valence electrons. The fraction of sp³-hybridized carbons (Fsp3) is 0.250. The fourth-order valence-corrected chi connectivity index (χ4v) is 3.99. The largest absolute Gasteiger partial charge is 0.497 e. The number of benzodiazepines with no additional fused rings is 1. The van der Waals surface area contributed by atoms with Gasteiger partial charge in [-0.2, -0.15) is 13.2 Å². The molecule has 0 saturated heterocycles. The molecule has 3 aromatic rings. The van der Waals surface area contributed by atoms with Crippen LogP contribution in [0.3, 0.4) is 0 Å². The third-order valence-corrected chi connectivity index (χ3v) is 5.78. The van der Waals surface area contributed by atoms with Gasteiger partial charge >= 0.3 is 6.18 Å². The zero-order valence-corrected chi connectivity index (χ0v) is 18.0. The number of fused-ring (bicyclic) bond motifs is 1. The van der Waals surface area contributed by atoms with Crippen molar-refractivity contribution in [1.29, 1.82) is 0 Å². The minimum absolute atomic E-state index is 0.0137. The number of hydrogen-bond donors (Lipinski definition) is 1. The molecule has 0 spiro atoms. The average Bonchev–Trinajstić information content (AvgIpc) is 3.30. The molecule has 1 aliphatic heterocycles. The molecule has 0 bridgehead atoms. The van der Waals surface area contributed by atoms with E-state index in [0.29, 0.717) is 22.6 Å². The van der Waals surface area contributed by atoms with Crippen LogP contribution in [0, 0.1) is 0 Å². The van der Waals surface area contributed by atoms with E-state index in [9.17, 15) is 18.0 Å². The number of rotatable bonds is 5. The molecule has 1 aromatic heterocycles. The molecule has 6 nitrogen and oxygen atoms in total. The summed E-state index contributed by atoms with van der Waals surface area (Å²) in [5.74, 6) is 0.166. The second-order valence-electron chi connectivity index (χ2n) is 7.70. The summed E-state index contributed by atoms with van der Waals surface area (Å²) in [6.07, 6.45) is -1.87. The van der Waals surface area contributed by atoms with Crippen molar-refractivity contribution in [3.63, 3.8) is 0 Å². The van der Waals surface area contributed by atoms with Gasteiger partial charge in [0.25, 0.3) is 0 Å². The van der Waals surface area contributed by atoms with E-state index < -0.39 is 23.8 Å². The van der Waals surface area contributed by atoms with Crippen molar-refractivity contribution in [2.75, 3.05) is 25.6 Å². The Morgan fingerprint density at radius 3 is 2.64 bits per heavy atom. The van der Waals surface area contributed by atoms with E-state index in [-0.39, 0.29) is 23.6 Å². The lowest BCUT2D eigenvalue weighted by molar-refractivity contribution is -0.137. The molecule has 9 heteroatoms. The molecule has 4 rings (SSSR count). The zero-order chi connectivity index (χ0) is 23.8. The Hall–Kier alpha value is -3.59. The lowest BCUT2D eigenvalue weighted by Crippen LogP contribution is -2.52. The minimum atomic E-state index is -4.56. The van der Waals surface area contributed by atoms with Crippen LogP contribution in [0.25, 0.3) is 0 Å². The van der Waals surface area contributed by atoms with E-state index >= 15 is 0 Å². The van der Waals surface area contributed by atoms with E-state index in [1.165, 1.54) is 43.9 Å². The van der Waals surface area contributed by atoms with Gasteiger partial charge in [-0.15, -0.1) is 0 Å². The van der Waals surface area contributed by atoms with Crippen molar-refractivity contribution in [1.82, 2.24) is 0 Å². The molecule has 0 radical (unpaired) electrons. The van der Waals surface area contributed by atoms with Gasteiger partial charge < -0.3 is 19.8 Å². The van der Waals surface area contributed by atoms with Crippen molar-refractivity contribution >= 4 is 17.2 Å². The number of nitrogens with zero attached hydrogens (tertiary/aromatic N) is 2. The lowest BCUT2D eigenvalue weighted by atomic mass is 9.95. The molecule has 1 aliphatic rings. The van der Waals surface area contributed by atoms with E-state index in [0.717, 1.165) is 6.07 Å². The quantitative estimate of drug-likeness (QED) is 0.582. The van der Waals surface area contributed by atoms with E-state index in [1.807, 2.05) is 0 Å². The summed E-state index contributed by atoms with van der Waals surface area (Å²) in [6, 6.07) is 10.2. The molecular weight excluding hydrogens is 435 g/mol. The number of ether oxygens (including phenoxy) is 1. The van der Waals surface area contributed by atoms with Crippen LogP contribution in [0.2, 0.25) is 0 Å². The van der Waals surface area contributed by atoms with Crippen molar-refractivity contribution in [3.05, 3.63) is 83.3 Å². The second-order valence-corrected chi connectivity index (χ2v) is 7.70. The number of carbonyl (C=O) groups is 1. The van der Waals surface area contributed by atoms with Crippen LogP contribution >= 0.6 is 0 Å². The average molecular weight is 457 g/mol. The molecule has 0 saturated carbocycles. The molecule has 0 amide bonds. The molecule has 2 aromatic carbocycles. The van der Waals surface area contributed by atoms with Crippen molar-refractivity contribution < 1.29 is 27.1 Å². The monoisotopic (exact) mass is 457 g/mol. The first-order chi connectivity index (χ1) is 15.7. The fourth-order valence-electron chi connectivity index (χ4n) is 3.99. The molecule has 33 heavy (non-hydrogen) atoms. The van der Waals surface area contributed by atoms with Gasteiger partial charge in [0.1, 0.15) is 12.0 Å². The predicted octanol–water partition coefficient (Wildman–Crippen LogP) is 4.17. The molecule has 0 fully saturated rings. The Morgan fingerprint density at radius 2 is 1.97 bits per heavy atom. The topological polar surface area (TPSA) is 81.1 Å². The highest BCUT2D eigenvalue weighted by Gasteiger charge is 2.37. The number of ketones is 1. The van der Waals surface area contributed by atoms with Gasteiger partial charge in [-0.3, -0.25) is 9.79 Å². The number of nitrogens with two attached hydrogens (primary N) is 1.